The van der Waals surface area contributed by atoms with Crippen molar-refractivity contribution in [3.8, 4) is 10.7 Å². The number of anilines is 1. The molecular formula is C22H20N4OS2. The molecule has 2 aromatic carbocycles. The zero-order valence-corrected chi connectivity index (χ0v) is 17.6. The highest BCUT2D eigenvalue weighted by molar-refractivity contribution is 7.99. The van der Waals surface area contributed by atoms with E-state index in [1.165, 1.54) is 11.8 Å². The summed E-state index contributed by atoms with van der Waals surface area (Å²) in [7, 11) is 1.93. The zero-order chi connectivity index (χ0) is 20.1. The summed E-state index contributed by atoms with van der Waals surface area (Å²) in [6.45, 7) is 0.531. The molecular weight excluding hydrogens is 400 g/mol. The molecule has 2 aromatic heterocycles. The first-order valence-electron chi connectivity index (χ1n) is 9.18. The standard InChI is InChI=1S/C22H20N4OS2/c1-25-21(19-13-8-14-28-19)23-24-22(25)29-16-20(27)26(18-11-6-3-7-12-18)15-17-9-4-2-5-10-17/h2-14H,15-16H2,1H3. The largest absolute Gasteiger partial charge is 0.307 e. The molecule has 0 fully saturated rings. The molecule has 2 heterocycles. The predicted octanol–water partition coefficient (Wildman–Crippen LogP) is 4.87. The molecule has 7 heteroatoms. The van der Waals surface area contributed by atoms with Gasteiger partial charge in [0.2, 0.25) is 5.91 Å². The Morgan fingerprint density at radius 3 is 2.41 bits per heavy atom. The molecule has 0 aliphatic carbocycles. The Kier molecular flexibility index (Phi) is 6.07. The number of thioether (sulfide) groups is 1. The van der Waals surface area contributed by atoms with Gasteiger partial charge in [0.15, 0.2) is 11.0 Å². The second-order valence-corrected chi connectivity index (χ2v) is 8.32. The first kappa shape index (κ1) is 19.4. The number of aromatic nitrogens is 3. The Bertz CT molecular complexity index is 1060. The van der Waals surface area contributed by atoms with Crippen molar-refractivity contribution in [1.82, 2.24) is 14.8 Å². The molecule has 146 valence electrons. The van der Waals surface area contributed by atoms with Gasteiger partial charge < -0.3 is 9.47 Å². The lowest BCUT2D eigenvalue weighted by Gasteiger charge is -2.23. The van der Waals surface area contributed by atoms with E-state index in [0.29, 0.717) is 6.54 Å². The molecule has 0 saturated heterocycles. The lowest BCUT2D eigenvalue weighted by Crippen LogP contribution is -2.32. The van der Waals surface area contributed by atoms with Gasteiger partial charge in [0.25, 0.3) is 0 Å². The molecule has 0 radical (unpaired) electrons. The number of amides is 1. The van der Waals surface area contributed by atoms with Crippen LogP contribution in [-0.4, -0.2) is 26.4 Å². The summed E-state index contributed by atoms with van der Waals surface area (Å²) in [6, 6.07) is 23.8. The van der Waals surface area contributed by atoms with E-state index in [4.69, 9.17) is 0 Å². The highest BCUT2D eigenvalue weighted by Crippen LogP contribution is 2.27. The lowest BCUT2D eigenvalue weighted by atomic mass is 10.2. The Balaban J connectivity index is 1.50. The number of hydrogen-bond acceptors (Lipinski definition) is 5. The number of benzene rings is 2. The van der Waals surface area contributed by atoms with Gasteiger partial charge in [0.1, 0.15) is 0 Å². The van der Waals surface area contributed by atoms with Crippen molar-refractivity contribution in [2.45, 2.75) is 11.7 Å². The van der Waals surface area contributed by atoms with Crippen LogP contribution in [0, 0.1) is 0 Å². The van der Waals surface area contributed by atoms with Crippen LogP contribution in [0.25, 0.3) is 10.7 Å². The summed E-state index contributed by atoms with van der Waals surface area (Å²) in [4.78, 5) is 16.0. The molecule has 0 saturated carbocycles. The van der Waals surface area contributed by atoms with Gasteiger partial charge >= 0.3 is 0 Å². The van der Waals surface area contributed by atoms with Gasteiger partial charge in [0.05, 0.1) is 17.2 Å². The normalized spacial score (nSPS) is 10.8. The summed E-state index contributed by atoms with van der Waals surface area (Å²) in [5.41, 5.74) is 1.98. The maximum absolute atomic E-state index is 13.1. The SMILES string of the molecule is Cn1c(SCC(=O)N(Cc2ccccc2)c2ccccc2)nnc1-c1cccs1. The molecule has 1 amide bonds. The Morgan fingerprint density at radius 1 is 1.00 bits per heavy atom. The zero-order valence-electron chi connectivity index (χ0n) is 15.9. The predicted molar refractivity (Wildman–Crippen MR) is 119 cm³/mol. The second kappa shape index (κ2) is 9.07. The molecule has 29 heavy (non-hydrogen) atoms. The van der Waals surface area contributed by atoms with Crippen molar-refractivity contribution < 1.29 is 4.79 Å². The van der Waals surface area contributed by atoms with E-state index in [1.807, 2.05) is 94.7 Å². The van der Waals surface area contributed by atoms with Gasteiger partial charge in [-0.2, -0.15) is 0 Å². The van der Waals surface area contributed by atoms with Gasteiger partial charge in [-0.15, -0.1) is 21.5 Å². The van der Waals surface area contributed by atoms with E-state index in [1.54, 1.807) is 11.3 Å². The van der Waals surface area contributed by atoms with Crippen LogP contribution in [-0.2, 0) is 18.4 Å². The minimum absolute atomic E-state index is 0.0331. The van der Waals surface area contributed by atoms with Crippen LogP contribution in [0.5, 0.6) is 0 Å². The van der Waals surface area contributed by atoms with Crippen LogP contribution in [0.3, 0.4) is 0 Å². The first-order chi connectivity index (χ1) is 14.2. The van der Waals surface area contributed by atoms with Gasteiger partial charge in [-0.25, -0.2) is 0 Å². The van der Waals surface area contributed by atoms with Crippen LogP contribution in [0.1, 0.15) is 5.56 Å². The number of rotatable bonds is 7. The molecule has 5 nitrogen and oxygen atoms in total. The van der Waals surface area contributed by atoms with Crippen LogP contribution >= 0.6 is 23.1 Å². The van der Waals surface area contributed by atoms with E-state index in [0.717, 1.165) is 27.1 Å². The van der Waals surface area contributed by atoms with Crippen LogP contribution in [0.15, 0.2) is 83.3 Å². The third kappa shape index (κ3) is 4.58. The quantitative estimate of drug-likeness (QED) is 0.400. The van der Waals surface area contributed by atoms with Crippen molar-refractivity contribution in [3.05, 3.63) is 83.7 Å². The highest BCUT2D eigenvalue weighted by atomic mass is 32.2. The molecule has 4 aromatic rings. The second-order valence-electron chi connectivity index (χ2n) is 6.43. The average molecular weight is 421 g/mol. The fourth-order valence-corrected chi connectivity index (χ4v) is 4.49. The molecule has 0 bridgehead atoms. The smallest absolute Gasteiger partial charge is 0.237 e. The number of carbonyl (C=O) groups is 1. The third-order valence-corrected chi connectivity index (χ3v) is 6.32. The van der Waals surface area contributed by atoms with Gasteiger partial charge in [-0.1, -0.05) is 66.4 Å². The minimum atomic E-state index is 0.0331. The maximum atomic E-state index is 13.1. The van der Waals surface area contributed by atoms with Crippen LogP contribution in [0.2, 0.25) is 0 Å². The molecule has 0 atom stereocenters. The number of hydrogen-bond donors (Lipinski definition) is 0. The highest BCUT2D eigenvalue weighted by Gasteiger charge is 2.19. The van der Waals surface area contributed by atoms with E-state index in [-0.39, 0.29) is 11.7 Å². The first-order valence-corrected chi connectivity index (χ1v) is 11.0. The van der Waals surface area contributed by atoms with Gasteiger partial charge in [0, 0.05) is 12.7 Å². The van der Waals surface area contributed by atoms with Crippen molar-refractivity contribution >= 4 is 34.7 Å². The number of thiophene rings is 1. The summed E-state index contributed by atoms with van der Waals surface area (Å²) < 4.78 is 1.94. The minimum Gasteiger partial charge on any atom is -0.307 e. The number of para-hydroxylation sites is 1. The molecule has 0 spiro atoms. The summed E-state index contributed by atoms with van der Waals surface area (Å²) in [5.74, 6) is 1.14. The molecule has 0 N–H and O–H groups in total. The van der Waals surface area contributed by atoms with Crippen molar-refractivity contribution in [3.63, 3.8) is 0 Å². The lowest BCUT2D eigenvalue weighted by molar-refractivity contribution is -0.116. The monoisotopic (exact) mass is 420 g/mol. The van der Waals surface area contributed by atoms with E-state index in [2.05, 4.69) is 10.2 Å². The van der Waals surface area contributed by atoms with Crippen molar-refractivity contribution in [2.75, 3.05) is 10.7 Å². The van der Waals surface area contributed by atoms with E-state index >= 15 is 0 Å². The number of carbonyl (C=O) groups excluding carboxylic acids is 1. The molecule has 0 unspecified atom stereocenters. The summed E-state index contributed by atoms with van der Waals surface area (Å²) >= 11 is 3.03. The Labute approximate surface area is 178 Å². The maximum Gasteiger partial charge on any atom is 0.237 e. The molecule has 4 rings (SSSR count). The molecule has 0 aliphatic heterocycles. The fraction of sp³-hybridized carbons (Fsp3) is 0.136. The van der Waals surface area contributed by atoms with E-state index in [9.17, 15) is 4.79 Å². The van der Waals surface area contributed by atoms with Crippen molar-refractivity contribution in [1.29, 1.82) is 0 Å². The number of nitrogens with zero attached hydrogens (tertiary/aromatic N) is 4. The van der Waals surface area contributed by atoms with Gasteiger partial charge in [-0.3, -0.25) is 4.79 Å². The topological polar surface area (TPSA) is 51.0 Å². The summed E-state index contributed by atoms with van der Waals surface area (Å²) in [6.07, 6.45) is 0. The van der Waals surface area contributed by atoms with Crippen LogP contribution < -0.4 is 4.90 Å². The third-order valence-electron chi connectivity index (χ3n) is 4.45. The molecule has 0 aliphatic rings. The average Bonchev–Trinajstić information content (AvgIpc) is 3.41. The van der Waals surface area contributed by atoms with Gasteiger partial charge in [-0.05, 0) is 29.1 Å². The van der Waals surface area contributed by atoms with E-state index < -0.39 is 0 Å². The van der Waals surface area contributed by atoms with Crippen LogP contribution in [0.4, 0.5) is 5.69 Å². The van der Waals surface area contributed by atoms with Crippen molar-refractivity contribution in [2.24, 2.45) is 7.05 Å². The fourth-order valence-electron chi connectivity index (χ4n) is 2.96. The Morgan fingerprint density at radius 2 is 1.72 bits per heavy atom. The summed E-state index contributed by atoms with van der Waals surface area (Å²) in [5, 5.41) is 11.3. The Hall–Kier alpha value is -2.90.